The van der Waals surface area contributed by atoms with Crippen molar-refractivity contribution in [2.45, 2.75) is 222 Å². The van der Waals surface area contributed by atoms with Crippen LogP contribution in [-0.4, -0.2) is 152 Å². The molecule has 4 fully saturated rings. The molecule has 15 aromatic rings. The molecule has 0 radical (unpaired) electrons. The van der Waals surface area contributed by atoms with Crippen molar-refractivity contribution < 1.29 is 28.6 Å². The number of aromatic hydroxyl groups is 1. The van der Waals surface area contributed by atoms with Gasteiger partial charge in [0.1, 0.15) is 41.7 Å². The quantitative estimate of drug-likeness (QED) is 0.0352. The van der Waals surface area contributed by atoms with E-state index in [2.05, 4.69) is 219 Å². The van der Waals surface area contributed by atoms with Gasteiger partial charge in [0, 0.05) is 171 Å². The van der Waals surface area contributed by atoms with Crippen LogP contribution >= 0.6 is 11.3 Å². The number of methoxy groups -OCH3 is 1. The Hall–Kier alpha value is -14.6. The Kier molecular flexibility index (Phi) is 35.9. The third-order valence-corrected chi connectivity index (χ3v) is 28.1. The van der Waals surface area contributed by atoms with Gasteiger partial charge in [-0.25, -0.2) is 24.3 Å². The number of amides is 3. The van der Waals surface area contributed by atoms with Crippen LogP contribution in [0.15, 0.2) is 274 Å². The zero-order chi connectivity index (χ0) is 99.8. The molecule has 3 aliphatic carbocycles. The van der Waals surface area contributed by atoms with Gasteiger partial charge < -0.3 is 43.1 Å². The first kappa shape index (κ1) is 104. The van der Waals surface area contributed by atoms with Gasteiger partial charge in [0.2, 0.25) is 11.8 Å². The van der Waals surface area contributed by atoms with Gasteiger partial charge in [0.25, 0.3) is 11.5 Å². The van der Waals surface area contributed by atoms with Crippen molar-refractivity contribution in [1.82, 2.24) is 88.6 Å². The highest BCUT2D eigenvalue weighted by Gasteiger charge is 2.36. The maximum Gasteiger partial charge on any atom is 0.275 e. The number of phenols is 1. The van der Waals surface area contributed by atoms with E-state index in [4.69, 9.17) is 9.15 Å². The van der Waals surface area contributed by atoms with Crippen molar-refractivity contribution in [3.8, 4) is 17.2 Å². The largest absolute Gasteiger partial charge is 0.504 e. The number of ether oxygens (including phenoxy) is 1. The van der Waals surface area contributed by atoms with E-state index in [9.17, 15) is 24.3 Å². The van der Waals surface area contributed by atoms with E-state index in [0.29, 0.717) is 91.7 Å². The van der Waals surface area contributed by atoms with Crippen LogP contribution < -0.4 is 15.6 Å². The Labute approximate surface area is 848 Å². The Morgan fingerprint density at radius 1 is 0.736 bits per heavy atom. The van der Waals surface area contributed by atoms with Crippen LogP contribution in [0.2, 0.25) is 0 Å². The lowest BCUT2D eigenvalue weighted by Gasteiger charge is -2.24. The number of furan rings is 1. The molecule has 3 saturated carbocycles. The molecule has 11 heterocycles. The van der Waals surface area contributed by atoms with Crippen molar-refractivity contribution in [2.24, 2.45) is 34.8 Å². The highest BCUT2D eigenvalue weighted by atomic mass is 32.1. The summed E-state index contributed by atoms with van der Waals surface area (Å²) < 4.78 is 21.1. The molecule has 27 nitrogen and oxygen atoms in total. The molecule has 3 amide bonds. The number of aromatic nitrogens is 14. The predicted octanol–water partition coefficient (Wildman–Crippen LogP) is 22.6. The van der Waals surface area contributed by atoms with Gasteiger partial charge in [-0.05, 0) is 165 Å². The number of thiophene rings is 1. The van der Waals surface area contributed by atoms with E-state index in [1.807, 2.05) is 177 Å². The van der Waals surface area contributed by atoms with Crippen molar-refractivity contribution in [1.29, 1.82) is 0 Å². The normalized spacial score (nSPS) is 15.2. The summed E-state index contributed by atoms with van der Waals surface area (Å²) in [6.07, 6.45) is 36.7. The van der Waals surface area contributed by atoms with Crippen LogP contribution in [0.3, 0.4) is 0 Å². The van der Waals surface area contributed by atoms with Crippen LogP contribution in [-0.2, 0) is 68.6 Å². The summed E-state index contributed by atoms with van der Waals surface area (Å²) in [5.74, 6) is 7.35. The lowest BCUT2D eigenvalue weighted by molar-refractivity contribution is -0.129. The molecule has 8 aromatic heterocycles. The highest BCUT2D eigenvalue weighted by Crippen LogP contribution is 2.42. The number of benzene rings is 7. The average molecular weight is 1950 g/mol. The predicted molar refractivity (Wildman–Crippen MR) is 574 cm³/mol. The van der Waals surface area contributed by atoms with E-state index in [-0.39, 0.29) is 48.9 Å². The summed E-state index contributed by atoms with van der Waals surface area (Å²) in [6, 6.07) is 64.1. The smallest absolute Gasteiger partial charge is 0.275 e. The minimum Gasteiger partial charge on any atom is -0.504 e. The molecule has 1 saturated heterocycles. The summed E-state index contributed by atoms with van der Waals surface area (Å²) in [5, 5.41) is 42.6. The van der Waals surface area contributed by atoms with E-state index in [0.717, 1.165) is 153 Å². The van der Waals surface area contributed by atoms with Crippen LogP contribution in [0, 0.1) is 24.7 Å². The molecule has 28 heteroatoms. The first-order valence-electron chi connectivity index (χ1n) is 50.2. The fourth-order valence-electron chi connectivity index (χ4n) is 19.4. The van der Waals surface area contributed by atoms with Crippen molar-refractivity contribution in [2.75, 3.05) is 27.2 Å². The summed E-state index contributed by atoms with van der Waals surface area (Å²) in [5.41, 5.74) is 15.6. The van der Waals surface area contributed by atoms with Crippen molar-refractivity contribution >= 4 is 80.1 Å². The number of imidazole rings is 2. The number of hydrogen-bond acceptors (Lipinski definition) is 19. The van der Waals surface area contributed by atoms with Crippen LogP contribution in [0.5, 0.6) is 11.5 Å². The van der Waals surface area contributed by atoms with E-state index < -0.39 is 0 Å². The maximum absolute atomic E-state index is 13.2. The number of aromatic amines is 1. The zero-order valence-corrected chi connectivity index (χ0v) is 84.6. The second-order valence-electron chi connectivity index (χ2n) is 38.6. The molecule has 2 unspecified atom stereocenters. The minimum absolute atomic E-state index is 0. The standard InChI is InChI=1S/C24H27N3O.C22H23N5O.C20H19NO2.C18H29N5O2.C17H19N3O.C14H15N3S.CH4/c1-18-9-3-8-14-23(18)27-17-19(15-25-27)16-26(2)24(28)22-13-7-6-12-21(22)20-10-4-5-11-20;1-15(2)12-20-23-21(25-24-20)14-27-22(28)18-11-7-6-10-17(18)19(26-27)13-16-8-4-3-5-9-16;1-3-7-15-12-16(13-18(23-2)20(15)22)17-10-11-21-19(17)14-8-5-4-6-9-14;1-13(2)10-22-11-14(8-17(22)24)18(25)19-9-16-21-20-12-23(16)15-6-4-3-5-7-15;1-19-9-8-18-17(19)12-20(14-6-7-14)11-15-10-13-4-2-3-5-16(13)21-15;1-10-12(5-6-15-10)14-16-7-8-17(14)11(2)13-4-3-9-18-13;/h3,6-9,12-15,17,20H,4-5,10-11,16H2,1-2H3;3-11,15H,12-14H2,1-2H3,(H,23,24,25);3-6,8-9,11-13,22H,1,7,10H2,2H3;12-15H,3-11H2,1-2H3,(H,19,25);2-5,8-10,14H,6-7,11-12H2,1H3;3-4,6-9,11H,5H2,1-2H3;1H4. The third kappa shape index (κ3) is 26.6. The number of likely N-dealkylation sites (tertiary alicyclic amines) is 1. The number of aryl methyl sites for hydroxylation is 2. The van der Waals surface area contributed by atoms with Crippen LogP contribution in [0.4, 0.5) is 0 Å². The molecule has 0 spiro atoms. The summed E-state index contributed by atoms with van der Waals surface area (Å²) >= 11 is 1.79. The van der Waals surface area contributed by atoms with Gasteiger partial charge >= 0.3 is 0 Å². The third-order valence-electron chi connectivity index (χ3n) is 27.0. The van der Waals surface area contributed by atoms with E-state index in [1.165, 1.54) is 89.4 Å². The Bertz CT molecular complexity index is 6960. The maximum atomic E-state index is 13.2. The fraction of sp³-hybridized carbons (Fsp3) is 0.362. The van der Waals surface area contributed by atoms with Gasteiger partial charge in [0.15, 0.2) is 23.1 Å². The molecule has 0 bridgehead atoms. The van der Waals surface area contributed by atoms with E-state index >= 15 is 0 Å². The zero-order valence-electron chi connectivity index (χ0n) is 83.8. The molecular formula is C116H136N20O7S. The molecule has 21 rings (SSSR count). The van der Waals surface area contributed by atoms with Crippen LogP contribution in [0.25, 0.3) is 44.3 Å². The van der Waals surface area contributed by atoms with Gasteiger partial charge in [-0.2, -0.15) is 15.3 Å². The molecule has 748 valence electrons. The van der Waals surface area contributed by atoms with Gasteiger partial charge in [-0.3, -0.25) is 39.2 Å². The number of hydrogen-bond donors (Lipinski definition) is 3. The Balaban J connectivity index is 0.000000131. The molecule has 3 aliphatic heterocycles. The number of allylic oxidation sites excluding steroid dienone is 4. The molecule has 6 aliphatic rings. The molecule has 144 heavy (non-hydrogen) atoms. The number of fused-ring (bicyclic) bond motifs is 2. The molecule has 3 N–H and O–H groups in total. The Morgan fingerprint density at radius 2 is 1.45 bits per heavy atom. The molecule has 7 aromatic carbocycles. The second kappa shape index (κ2) is 49.9. The fourth-order valence-corrected chi connectivity index (χ4v) is 20.2. The number of nitrogens with zero attached hydrogens (tertiary/aromatic N) is 18. The van der Waals surface area contributed by atoms with Gasteiger partial charge in [-0.1, -0.05) is 213 Å². The summed E-state index contributed by atoms with van der Waals surface area (Å²) in [6.45, 7) is 22.7. The minimum atomic E-state index is -0.252. The SMILES string of the molecule is C.C=CCc1cc(C2=C(c3ccccc3)N=CC2)cc(OC)c1O.CC(C)CN1CC(C(=O)NCc2nncn2C2CCCCC2)CC1=O.CC(C)Cc1n[nH]c(Cn2nc(Cc3ccccc3)c3ccccc3c2=O)n1.CC1=C(c2nccn2C(C)c2cccs2)CC=N1.Cc1ccccc1-n1cc(CN(C)C(=O)c2ccccc2C2CCCC2)cn1.Cn1ccnc1CN(Cc1cc2ccccc2o1)C1CC1. The lowest BCUT2D eigenvalue weighted by atomic mass is 9.92. The summed E-state index contributed by atoms with van der Waals surface area (Å²) in [4.78, 5) is 80.4. The second-order valence-corrected chi connectivity index (χ2v) is 39.6. The number of nitrogens with one attached hydrogen (secondary N) is 2. The molecular weight excluding hydrogens is 1820 g/mol. The molecule has 2 atom stereocenters. The number of aliphatic imine (C=N–C) groups is 2. The average Bonchev–Trinajstić information content (AvgIpc) is 1.69. The number of para-hydroxylation sites is 2. The first-order chi connectivity index (χ1) is 69.6. The topological polar surface area (TPSA) is 301 Å². The lowest BCUT2D eigenvalue weighted by Crippen LogP contribution is -2.34. The number of H-pyrrole nitrogens is 1. The van der Waals surface area contributed by atoms with Gasteiger partial charge in [-0.15, -0.1) is 28.1 Å². The van der Waals surface area contributed by atoms with Crippen LogP contribution in [0.1, 0.15) is 252 Å². The highest BCUT2D eigenvalue weighted by molar-refractivity contribution is 7.10. The number of carbonyl (C=O) groups is 3. The van der Waals surface area contributed by atoms with Crippen molar-refractivity contribution in [3.63, 3.8) is 0 Å². The summed E-state index contributed by atoms with van der Waals surface area (Å²) in [7, 11) is 5.49. The number of carbonyl (C=O) groups excluding carboxylic acids is 3. The van der Waals surface area contributed by atoms with Gasteiger partial charge in [0.05, 0.1) is 67.4 Å². The van der Waals surface area contributed by atoms with Crippen molar-refractivity contribution in [3.05, 3.63) is 356 Å². The number of rotatable bonds is 30. The Morgan fingerprint density at radius 3 is 2.17 bits per heavy atom. The monoisotopic (exact) mass is 1950 g/mol. The first-order valence-corrected chi connectivity index (χ1v) is 51.1. The number of phenolic OH excluding ortho intramolecular Hbond substituents is 1. The van der Waals surface area contributed by atoms with E-state index in [1.54, 1.807) is 40.6 Å².